The van der Waals surface area contributed by atoms with Crippen molar-refractivity contribution in [3.8, 4) is 0 Å². The number of ketones is 2. The van der Waals surface area contributed by atoms with Crippen molar-refractivity contribution in [3.63, 3.8) is 0 Å². The first-order valence-corrected chi connectivity index (χ1v) is 5.61. The van der Waals surface area contributed by atoms with Crippen molar-refractivity contribution in [1.29, 1.82) is 0 Å². The lowest BCUT2D eigenvalue weighted by Crippen LogP contribution is -2.37. The zero-order valence-electron chi connectivity index (χ0n) is 8.85. The summed E-state index contributed by atoms with van der Waals surface area (Å²) in [7, 11) is 0. The predicted molar refractivity (Wildman–Crippen MR) is 60.5 cm³/mol. The largest absolute Gasteiger partial charge is 0.294 e. The molecular weight excluding hydrogens is 200 g/mol. The number of fused-ring (bicyclic) bond motifs is 2. The molecule has 16 heavy (non-hydrogen) atoms. The number of hydrogen-bond donors (Lipinski definition) is 0. The highest BCUT2D eigenvalue weighted by Crippen LogP contribution is 2.36. The van der Waals surface area contributed by atoms with Crippen LogP contribution >= 0.6 is 0 Å². The van der Waals surface area contributed by atoms with Crippen LogP contribution in [0.2, 0.25) is 0 Å². The molecule has 0 spiro atoms. The van der Waals surface area contributed by atoms with E-state index in [4.69, 9.17) is 0 Å². The van der Waals surface area contributed by atoms with Gasteiger partial charge in [-0.2, -0.15) is 0 Å². The topological polar surface area (TPSA) is 34.1 Å². The van der Waals surface area contributed by atoms with Crippen LogP contribution in [0.25, 0.3) is 0 Å². The second-order valence-corrected chi connectivity index (χ2v) is 4.43. The van der Waals surface area contributed by atoms with E-state index in [9.17, 15) is 9.59 Å². The predicted octanol–water partition coefficient (Wildman–Crippen LogP) is 2.65. The molecule has 0 heterocycles. The summed E-state index contributed by atoms with van der Waals surface area (Å²) in [4.78, 5) is 24.4. The highest BCUT2D eigenvalue weighted by molar-refractivity contribution is 6.16. The van der Waals surface area contributed by atoms with Gasteiger partial charge in [-0.05, 0) is 12.8 Å². The molecule has 1 aromatic rings. The van der Waals surface area contributed by atoms with Gasteiger partial charge in [-0.3, -0.25) is 9.59 Å². The van der Waals surface area contributed by atoms with Crippen molar-refractivity contribution in [3.05, 3.63) is 47.5 Å². The fourth-order valence-corrected chi connectivity index (χ4v) is 2.71. The van der Waals surface area contributed by atoms with Crippen LogP contribution in [0.4, 0.5) is 0 Å². The van der Waals surface area contributed by atoms with Crippen LogP contribution in [0, 0.1) is 11.8 Å². The number of allylic oxidation sites excluding steroid dienone is 2. The second kappa shape index (κ2) is 3.41. The van der Waals surface area contributed by atoms with E-state index in [0.717, 1.165) is 0 Å². The van der Waals surface area contributed by atoms with E-state index < -0.39 is 0 Å². The monoisotopic (exact) mass is 212 g/mol. The Morgan fingerprint density at radius 3 is 1.69 bits per heavy atom. The van der Waals surface area contributed by atoms with Gasteiger partial charge in [-0.15, -0.1) is 0 Å². The lowest BCUT2D eigenvalue weighted by molar-refractivity contribution is 0.0729. The van der Waals surface area contributed by atoms with Crippen molar-refractivity contribution in [2.24, 2.45) is 11.8 Å². The number of carbonyl (C=O) groups excluding carboxylic acids is 2. The van der Waals surface area contributed by atoms with Crippen molar-refractivity contribution in [1.82, 2.24) is 0 Å². The molecule has 0 fully saturated rings. The van der Waals surface area contributed by atoms with Crippen LogP contribution in [0.3, 0.4) is 0 Å². The standard InChI is InChI=1S/C14H12O2/c15-13-9-5-1-2-6-10(9)14(16)12-8-4-3-7-11(12)13/h1-6,11-12H,7-8H2/t11-,12-/m0/s1. The Morgan fingerprint density at radius 1 is 0.812 bits per heavy atom. The Bertz CT molecular complexity index is 454. The van der Waals surface area contributed by atoms with E-state index in [1.807, 2.05) is 24.3 Å². The quantitative estimate of drug-likeness (QED) is 0.619. The van der Waals surface area contributed by atoms with Gasteiger partial charge < -0.3 is 0 Å². The Hall–Kier alpha value is -1.70. The van der Waals surface area contributed by atoms with Gasteiger partial charge in [0, 0.05) is 23.0 Å². The lowest BCUT2D eigenvalue weighted by atomic mass is 9.69. The van der Waals surface area contributed by atoms with Gasteiger partial charge in [0.2, 0.25) is 0 Å². The van der Waals surface area contributed by atoms with Gasteiger partial charge in [-0.1, -0.05) is 36.4 Å². The summed E-state index contributed by atoms with van der Waals surface area (Å²) in [6.07, 6.45) is 5.45. The van der Waals surface area contributed by atoms with Crippen LogP contribution in [0.1, 0.15) is 33.6 Å². The molecule has 0 bridgehead atoms. The number of carbonyl (C=O) groups is 2. The summed E-state index contributed by atoms with van der Waals surface area (Å²) < 4.78 is 0. The molecule has 2 atom stereocenters. The van der Waals surface area contributed by atoms with E-state index >= 15 is 0 Å². The zero-order valence-corrected chi connectivity index (χ0v) is 8.85. The molecule has 0 radical (unpaired) electrons. The minimum Gasteiger partial charge on any atom is -0.294 e. The first-order chi connectivity index (χ1) is 7.79. The third-order valence-corrected chi connectivity index (χ3v) is 3.56. The number of rotatable bonds is 0. The zero-order chi connectivity index (χ0) is 11.1. The Kier molecular flexibility index (Phi) is 2.03. The molecule has 3 rings (SSSR count). The molecule has 80 valence electrons. The van der Waals surface area contributed by atoms with Gasteiger partial charge in [0.25, 0.3) is 0 Å². The molecule has 0 unspecified atom stereocenters. The van der Waals surface area contributed by atoms with Crippen LogP contribution < -0.4 is 0 Å². The molecule has 0 saturated carbocycles. The van der Waals surface area contributed by atoms with Gasteiger partial charge >= 0.3 is 0 Å². The summed E-state index contributed by atoms with van der Waals surface area (Å²) >= 11 is 0. The van der Waals surface area contributed by atoms with E-state index in [0.29, 0.717) is 24.0 Å². The van der Waals surface area contributed by atoms with Crippen LogP contribution in [-0.2, 0) is 0 Å². The molecule has 0 N–H and O–H groups in total. The molecule has 2 heteroatoms. The average Bonchev–Trinajstić information content (AvgIpc) is 2.36. The van der Waals surface area contributed by atoms with E-state index in [2.05, 4.69) is 0 Å². The summed E-state index contributed by atoms with van der Waals surface area (Å²) in [6, 6.07) is 7.18. The Labute approximate surface area is 94.0 Å². The summed E-state index contributed by atoms with van der Waals surface area (Å²) in [5.74, 6) is 0.0499. The third kappa shape index (κ3) is 1.19. The molecule has 0 saturated heterocycles. The maximum absolute atomic E-state index is 12.2. The second-order valence-electron chi connectivity index (χ2n) is 4.43. The maximum atomic E-state index is 12.2. The first-order valence-electron chi connectivity index (χ1n) is 5.61. The van der Waals surface area contributed by atoms with Crippen molar-refractivity contribution < 1.29 is 9.59 Å². The third-order valence-electron chi connectivity index (χ3n) is 3.56. The van der Waals surface area contributed by atoms with E-state index in [1.165, 1.54) is 0 Å². The number of Topliss-reactive ketones (excluding diaryl/α,β-unsaturated/α-hetero) is 2. The summed E-state index contributed by atoms with van der Waals surface area (Å²) in [6.45, 7) is 0. The number of hydrogen-bond acceptors (Lipinski definition) is 2. The molecule has 0 aliphatic heterocycles. The van der Waals surface area contributed by atoms with Crippen LogP contribution in [0.15, 0.2) is 36.4 Å². The van der Waals surface area contributed by atoms with Gasteiger partial charge in [0.15, 0.2) is 11.6 Å². The van der Waals surface area contributed by atoms with Crippen molar-refractivity contribution in [2.75, 3.05) is 0 Å². The summed E-state index contributed by atoms with van der Waals surface area (Å²) in [5, 5.41) is 0. The van der Waals surface area contributed by atoms with E-state index in [-0.39, 0.29) is 23.4 Å². The average molecular weight is 212 g/mol. The van der Waals surface area contributed by atoms with Gasteiger partial charge in [0.05, 0.1) is 0 Å². The summed E-state index contributed by atoms with van der Waals surface area (Å²) in [5.41, 5.74) is 1.23. The van der Waals surface area contributed by atoms with Gasteiger partial charge in [-0.25, -0.2) is 0 Å². The van der Waals surface area contributed by atoms with Crippen molar-refractivity contribution in [2.45, 2.75) is 12.8 Å². The van der Waals surface area contributed by atoms with E-state index in [1.54, 1.807) is 12.1 Å². The molecule has 0 aromatic heterocycles. The van der Waals surface area contributed by atoms with Crippen molar-refractivity contribution >= 4 is 11.6 Å². The molecule has 1 aromatic carbocycles. The fraction of sp³-hybridized carbons (Fsp3) is 0.286. The highest BCUT2D eigenvalue weighted by atomic mass is 16.1. The molecule has 2 aliphatic carbocycles. The Balaban J connectivity index is 2.16. The minimum absolute atomic E-state index is 0.118. The highest BCUT2D eigenvalue weighted by Gasteiger charge is 2.40. The number of benzene rings is 1. The molecule has 2 nitrogen and oxygen atoms in total. The molecular formula is C14H12O2. The molecule has 2 aliphatic rings. The Morgan fingerprint density at radius 2 is 1.25 bits per heavy atom. The fourth-order valence-electron chi connectivity index (χ4n) is 2.71. The maximum Gasteiger partial charge on any atom is 0.167 e. The normalized spacial score (nSPS) is 27.5. The van der Waals surface area contributed by atoms with Crippen LogP contribution in [-0.4, -0.2) is 11.6 Å². The smallest absolute Gasteiger partial charge is 0.167 e. The first kappa shape index (κ1) is 9.52. The minimum atomic E-state index is -0.118. The van der Waals surface area contributed by atoms with Gasteiger partial charge in [0.1, 0.15) is 0 Å². The SMILES string of the molecule is O=C1c2ccccc2C(=O)[C@H]2CC=CC[C@H]12. The lowest BCUT2D eigenvalue weighted by Gasteiger charge is -2.31. The molecule has 0 amide bonds. The van der Waals surface area contributed by atoms with Crippen LogP contribution in [0.5, 0.6) is 0 Å².